The molecule has 0 spiro atoms. The summed E-state index contributed by atoms with van der Waals surface area (Å²) in [6.45, 7) is 2.85. The van der Waals surface area contributed by atoms with Crippen LogP contribution in [0.25, 0.3) is 11.1 Å². The van der Waals surface area contributed by atoms with Gasteiger partial charge in [-0.05, 0) is 68.4 Å². The Morgan fingerprint density at radius 3 is 2.28 bits per heavy atom. The van der Waals surface area contributed by atoms with E-state index in [1.165, 1.54) is 42.5 Å². The number of rotatable bonds is 6. The second kappa shape index (κ2) is 9.75. The molecule has 10 nitrogen and oxygen atoms in total. The number of nitrogens with one attached hydrogen (secondary N) is 2. The molecular formula is C26H22FN5O5S2. The molecular weight excluding hydrogens is 545 g/mol. The SMILES string of the molecule is Cc1cc(C)nc(NS(=O)(=O)c2ccc(NC(=O)CN3c4ccc(F)cc4-c4ccccc4S3(=O)=O)cc2)n1. The van der Waals surface area contributed by atoms with Gasteiger partial charge in [0.1, 0.15) is 12.4 Å². The Balaban J connectivity index is 1.35. The maximum absolute atomic E-state index is 14.0. The molecule has 0 aliphatic carbocycles. The normalized spacial score (nSPS) is 13.8. The van der Waals surface area contributed by atoms with Gasteiger partial charge in [-0.1, -0.05) is 18.2 Å². The molecule has 4 aromatic rings. The van der Waals surface area contributed by atoms with Gasteiger partial charge in [0.05, 0.1) is 15.5 Å². The number of nitrogens with zero attached hydrogens (tertiary/aromatic N) is 3. The molecule has 0 bridgehead atoms. The summed E-state index contributed by atoms with van der Waals surface area (Å²) in [4.78, 5) is 20.9. The van der Waals surface area contributed by atoms with Gasteiger partial charge < -0.3 is 5.32 Å². The number of halogens is 1. The van der Waals surface area contributed by atoms with Gasteiger partial charge in [0.2, 0.25) is 11.9 Å². The molecule has 0 saturated heterocycles. The monoisotopic (exact) mass is 567 g/mol. The molecule has 2 heterocycles. The first-order valence-electron chi connectivity index (χ1n) is 11.6. The van der Waals surface area contributed by atoms with Crippen LogP contribution < -0.4 is 14.3 Å². The second-order valence-electron chi connectivity index (χ2n) is 8.82. The van der Waals surface area contributed by atoms with E-state index in [2.05, 4.69) is 20.0 Å². The molecule has 0 fully saturated rings. The summed E-state index contributed by atoms with van der Waals surface area (Å²) in [6, 6.07) is 16.9. The highest BCUT2D eigenvalue weighted by Gasteiger charge is 2.36. The van der Waals surface area contributed by atoms with E-state index in [4.69, 9.17) is 0 Å². The minimum Gasteiger partial charge on any atom is -0.325 e. The van der Waals surface area contributed by atoms with Crippen LogP contribution in [0.15, 0.2) is 82.6 Å². The van der Waals surface area contributed by atoms with Crippen molar-refractivity contribution in [3.8, 4) is 11.1 Å². The van der Waals surface area contributed by atoms with E-state index in [0.29, 0.717) is 22.5 Å². The van der Waals surface area contributed by atoms with Gasteiger partial charge in [0.25, 0.3) is 20.0 Å². The fourth-order valence-electron chi connectivity index (χ4n) is 4.27. The fourth-order valence-corrected chi connectivity index (χ4v) is 6.87. The molecule has 200 valence electrons. The van der Waals surface area contributed by atoms with Crippen LogP contribution in [0.2, 0.25) is 0 Å². The molecule has 1 aliphatic rings. The number of hydrogen-bond donors (Lipinski definition) is 2. The lowest BCUT2D eigenvalue weighted by Crippen LogP contribution is -2.40. The highest BCUT2D eigenvalue weighted by Crippen LogP contribution is 2.43. The molecule has 1 amide bonds. The number of sulfonamides is 2. The first kappa shape index (κ1) is 26.3. The summed E-state index contributed by atoms with van der Waals surface area (Å²) in [5.41, 5.74) is 2.32. The molecule has 0 radical (unpaired) electrons. The number of aromatic nitrogens is 2. The fraction of sp³-hybridized carbons (Fsp3) is 0.115. The second-order valence-corrected chi connectivity index (χ2v) is 12.3. The van der Waals surface area contributed by atoms with Crippen molar-refractivity contribution in [3.63, 3.8) is 0 Å². The molecule has 39 heavy (non-hydrogen) atoms. The molecule has 5 rings (SSSR count). The Labute approximate surface area is 224 Å². The maximum atomic E-state index is 14.0. The quantitative estimate of drug-likeness (QED) is 0.361. The van der Waals surface area contributed by atoms with E-state index < -0.39 is 38.3 Å². The Morgan fingerprint density at radius 1 is 0.923 bits per heavy atom. The lowest BCUT2D eigenvalue weighted by molar-refractivity contribution is -0.114. The Morgan fingerprint density at radius 2 is 1.59 bits per heavy atom. The van der Waals surface area contributed by atoms with Gasteiger partial charge >= 0.3 is 0 Å². The zero-order chi connectivity index (χ0) is 27.9. The van der Waals surface area contributed by atoms with Crippen molar-refractivity contribution in [2.75, 3.05) is 20.9 Å². The first-order chi connectivity index (χ1) is 18.4. The third-order valence-electron chi connectivity index (χ3n) is 5.92. The van der Waals surface area contributed by atoms with Crippen LogP contribution in [0.4, 0.5) is 21.7 Å². The van der Waals surface area contributed by atoms with E-state index in [1.807, 2.05) is 0 Å². The zero-order valence-electron chi connectivity index (χ0n) is 20.7. The highest BCUT2D eigenvalue weighted by molar-refractivity contribution is 7.93. The summed E-state index contributed by atoms with van der Waals surface area (Å²) in [5.74, 6) is -1.28. The van der Waals surface area contributed by atoms with E-state index in [1.54, 1.807) is 38.1 Å². The molecule has 0 saturated carbocycles. The lowest BCUT2D eigenvalue weighted by Gasteiger charge is -2.31. The lowest BCUT2D eigenvalue weighted by atomic mass is 10.0. The van der Waals surface area contributed by atoms with Crippen molar-refractivity contribution in [2.24, 2.45) is 0 Å². The van der Waals surface area contributed by atoms with Gasteiger partial charge in [0, 0.05) is 28.2 Å². The number of aryl methyl sites for hydroxylation is 2. The van der Waals surface area contributed by atoms with Crippen LogP contribution in [0.3, 0.4) is 0 Å². The molecule has 1 aromatic heterocycles. The van der Waals surface area contributed by atoms with Crippen molar-refractivity contribution < 1.29 is 26.0 Å². The van der Waals surface area contributed by atoms with Crippen LogP contribution in [0.1, 0.15) is 11.4 Å². The minimum atomic E-state index is -4.11. The van der Waals surface area contributed by atoms with Crippen LogP contribution in [0, 0.1) is 19.7 Å². The van der Waals surface area contributed by atoms with Gasteiger partial charge in [0.15, 0.2) is 0 Å². The zero-order valence-corrected chi connectivity index (χ0v) is 22.3. The van der Waals surface area contributed by atoms with Gasteiger partial charge in [-0.15, -0.1) is 0 Å². The molecule has 0 unspecified atom stereocenters. The molecule has 1 aliphatic heterocycles. The Kier molecular flexibility index (Phi) is 6.56. The predicted molar refractivity (Wildman–Crippen MR) is 144 cm³/mol. The molecule has 2 N–H and O–H groups in total. The first-order valence-corrected chi connectivity index (χ1v) is 14.5. The van der Waals surface area contributed by atoms with Crippen molar-refractivity contribution in [3.05, 3.63) is 90.0 Å². The number of anilines is 3. The Hall–Kier alpha value is -4.36. The van der Waals surface area contributed by atoms with E-state index in [-0.39, 0.29) is 27.1 Å². The number of carbonyl (C=O) groups excluding carboxylic acids is 1. The molecule has 3 aromatic carbocycles. The van der Waals surface area contributed by atoms with Crippen LogP contribution in [-0.2, 0) is 24.8 Å². The van der Waals surface area contributed by atoms with Crippen molar-refractivity contribution in [1.29, 1.82) is 0 Å². The van der Waals surface area contributed by atoms with Gasteiger partial charge in [-0.3, -0.25) is 9.10 Å². The summed E-state index contributed by atoms with van der Waals surface area (Å²) in [6.07, 6.45) is 0. The van der Waals surface area contributed by atoms with Gasteiger partial charge in [-0.2, -0.15) is 0 Å². The predicted octanol–water partition coefficient (Wildman–Crippen LogP) is 3.85. The van der Waals surface area contributed by atoms with E-state index in [0.717, 1.165) is 10.4 Å². The summed E-state index contributed by atoms with van der Waals surface area (Å²) in [5, 5.41) is 2.58. The van der Waals surface area contributed by atoms with Crippen LogP contribution >= 0.6 is 0 Å². The van der Waals surface area contributed by atoms with Crippen LogP contribution in [-0.4, -0.2) is 39.3 Å². The van der Waals surface area contributed by atoms with Gasteiger partial charge in [-0.25, -0.2) is 35.9 Å². The average Bonchev–Trinajstić information content (AvgIpc) is 2.86. The number of fused-ring (bicyclic) bond motifs is 3. The maximum Gasteiger partial charge on any atom is 0.265 e. The third-order valence-corrected chi connectivity index (χ3v) is 9.08. The topological polar surface area (TPSA) is 138 Å². The number of carbonyl (C=O) groups is 1. The van der Waals surface area contributed by atoms with E-state index >= 15 is 0 Å². The number of amides is 1. The average molecular weight is 568 g/mol. The Bertz CT molecular complexity index is 1810. The standard InChI is InChI=1S/C26H22FN5O5S2/c1-16-13-17(2)29-26(28-16)31-38(34,35)20-10-8-19(9-11-20)30-25(33)15-32-23-12-7-18(27)14-22(23)21-5-3-4-6-24(21)39(32,36)37/h3-14H,15H2,1-2H3,(H,30,33)(H,28,29,31). The number of hydrogen-bond acceptors (Lipinski definition) is 7. The largest absolute Gasteiger partial charge is 0.325 e. The smallest absolute Gasteiger partial charge is 0.265 e. The minimum absolute atomic E-state index is 0.0363. The number of benzene rings is 3. The summed E-state index contributed by atoms with van der Waals surface area (Å²) in [7, 11) is -8.11. The van der Waals surface area contributed by atoms with Crippen LogP contribution in [0.5, 0.6) is 0 Å². The van der Waals surface area contributed by atoms with Crippen molar-refractivity contribution in [2.45, 2.75) is 23.6 Å². The van der Waals surface area contributed by atoms with Crippen molar-refractivity contribution in [1.82, 2.24) is 9.97 Å². The third kappa shape index (κ3) is 5.18. The molecule has 0 atom stereocenters. The van der Waals surface area contributed by atoms with Crippen molar-refractivity contribution >= 4 is 43.3 Å². The summed E-state index contributed by atoms with van der Waals surface area (Å²) < 4.78 is 69.5. The highest BCUT2D eigenvalue weighted by atomic mass is 32.2. The molecule has 13 heteroatoms. The summed E-state index contributed by atoms with van der Waals surface area (Å²) >= 11 is 0. The van der Waals surface area contributed by atoms with E-state index in [9.17, 15) is 26.0 Å².